The van der Waals surface area contributed by atoms with Crippen molar-refractivity contribution in [3.8, 4) is 0 Å². The lowest BCUT2D eigenvalue weighted by Crippen LogP contribution is -2.30. The van der Waals surface area contributed by atoms with E-state index in [9.17, 15) is 4.39 Å². The molecule has 19 heavy (non-hydrogen) atoms. The molecule has 0 fully saturated rings. The molecular formula is C17H28FN. The van der Waals surface area contributed by atoms with Crippen molar-refractivity contribution in [2.75, 3.05) is 13.1 Å². The summed E-state index contributed by atoms with van der Waals surface area (Å²) in [5, 5.41) is 3.48. The highest BCUT2D eigenvalue weighted by molar-refractivity contribution is 5.30. The van der Waals surface area contributed by atoms with Crippen molar-refractivity contribution in [3.05, 3.63) is 34.6 Å². The molecule has 0 saturated heterocycles. The van der Waals surface area contributed by atoms with E-state index in [4.69, 9.17) is 0 Å². The monoisotopic (exact) mass is 265 g/mol. The van der Waals surface area contributed by atoms with Gasteiger partial charge in [0.05, 0.1) is 0 Å². The largest absolute Gasteiger partial charge is 0.316 e. The van der Waals surface area contributed by atoms with Crippen molar-refractivity contribution in [1.82, 2.24) is 5.32 Å². The zero-order valence-electron chi connectivity index (χ0n) is 13.1. The maximum absolute atomic E-state index is 13.6. The van der Waals surface area contributed by atoms with Crippen LogP contribution in [0.1, 0.15) is 50.3 Å². The van der Waals surface area contributed by atoms with E-state index in [1.165, 1.54) is 12.0 Å². The normalized spacial score (nSPS) is 11.9. The van der Waals surface area contributed by atoms with Crippen LogP contribution in [0.15, 0.2) is 12.1 Å². The van der Waals surface area contributed by atoms with Crippen LogP contribution in [0, 0.1) is 25.1 Å². The average molecular weight is 265 g/mol. The van der Waals surface area contributed by atoms with Crippen LogP contribution in [0.5, 0.6) is 0 Å². The highest BCUT2D eigenvalue weighted by atomic mass is 19.1. The van der Waals surface area contributed by atoms with Crippen LogP contribution in [0.25, 0.3) is 0 Å². The Morgan fingerprint density at radius 2 is 1.74 bits per heavy atom. The van der Waals surface area contributed by atoms with Crippen LogP contribution in [0.4, 0.5) is 4.39 Å². The van der Waals surface area contributed by atoms with Gasteiger partial charge in [-0.25, -0.2) is 4.39 Å². The zero-order valence-corrected chi connectivity index (χ0v) is 13.1. The number of nitrogens with one attached hydrogen (secondary N) is 1. The van der Waals surface area contributed by atoms with Gasteiger partial charge < -0.3 is 5.32 Å². The molecule has 108 valence electrons. The predicted octanol–water partition coefficient (Wildman–Crippen LogP) is 4.40. The third-order valence-electron chi connectivity index (χ3n) is 3.62. The molecule has 0 saturated carbocycles. The van der Waals surface area contributed by atoms with Gasteiger partial charge in [0, 0.05) is 6.54 Å². The molecule has 0 radical (unpaired) electrons. The molecule has 0 amide bonds. The van der Waals surface area contributed by atoms with E-state index >= 15 is 0 Å². The van der Waals surface area contributed by atoms with E-state index in [0.717, 1.165) is 37.1 Å². The average Bonchev–Trinajstić information content (AvgIpc) is 2.33. The Labute approximate surface area is 117 Å². The molecule has 1 aromatic rings. The van der Waals surface area contributed by atoms with Gasteiger partial charge in [0.2, 0.25) is 0 Å². The van der Waals surface area contributed by atoms with E-state index in [2.05, 4.69) is 26.1 Å². The first-order valence-corrected chi connectivity index (χ1v) is 7.32. The molecule has 0 spiro atoms. The topological polar surface area (TPSA) is 12.0 Å². The minimum Gasteiger partial charge on any atom is -0.316 e. The Bertz CT molecular complexity index is 387. The van der Waals surface area contributed by atoms with Gasteiger partial charge in [0.1, 0.15) is 5.82 Å². The summed E-state index contributed by atoms with van der Waals surface area (Å²) >= 11 is 0. The molecule has 0 aliphatic heterocycles. The molecule has 2 heteroatoms. The summed E-state index contributed by atoms with van der Waals surface area (Å²) in [5.74, 6) is -0.0624. The number of benzene rings is 1. The van der Waals surface area contributed by atoms with Crippen LogP contribution in [-0.2, 0) is 6.42 Å². The molecule has 1 rings (SSSR count). The lowest BCUT2D eigenvalue weighted by Gasteiger charge is -2.25. The van der Waals surface area contributed by atoms with E-state index in [1.807, 2.05) is 26.0 Å². The van der Waals surface area contributed by atoms with Gasteiger partial charge in [-0.3, -0.25) is 0 Å². The van der Waals surface area contributed by atoms with E-state index in [0.29, 0.717) is 0 Å². The van der Waals surface area contributed by atoms with Crippen LogP contribution >= 0.6 is 0 Å². The van der Waals surface area contributed by atoms with Gasteiger partial charge in [-0.1, -0.05) is 32.9 Å². The second-order valence-electron chi connectivity index (χ2n) is 6.38. The Balaban J connectivity index is 2.56. The van der Waals surface area contributed by atoms with Crippen molar-refractivity contribution in [2.45, 2.75) is 53.9 Å². The summed E-state index contributed by atoms with van der Waals surface area (Å²) in [6.07, 6.45) is 3.31. The van der Waals surface area contributed by atoms with Gasteiger partial charge in [-0.05, 0) is 61.8 Å². The molecule has 0 aliphatic carbocycles. The Morgan fingerprint density at radius 1 is 1.16 bits per heavy atom. The Morgan fingerprint density at radius 3 is 2.26 bits per heavy atom. The summed E-state index contributed by atoms with van der Waals surface area (Å²) in [7, 11) is 0. The fourth-order valence-corrected chi connectivity index (χ4v) is 2.35. The molecule has 0 atom stereocenters. The number of rotatable bonds is 7. The zero-order chi connectivity index (χ0) is 14.5. The molecule has 0 heterocycles. The van der Waals surface area contributed by atoms with Crippen molar-refractivity contribution < 1.29 is 4.39 Å². The smallest absolute Gasteiger partial charge is 0.129 e. The van der Waals surface area contributed by atoms with Gasteiger partial charge in [0.15, 0.2) is 0 Å². The molecule has 1 aromatic carbocycles. The molecule has 0 aromatic heterocycles. The van der Waals surface area contributed by atoms with Crippen LogP contribution in [0.2, 0.25) is 0 Å². The van der Waals surface area contributed by atoms with Crippen molar-refractivity contribution in [1.29, 1.82) is 0 Å². The maximum Gasteiger partial charge on any atom is 0.129 e. The number of halogens is 1. The van der Waals surface area contributed by atoms with E-state index in [1.54, 1.807) is 0 Å². The van der Waals surface area contributed by atoms with Crippen molar-refractivity contribution in [2.24, 2.45) is 5.41 Å². The summed E-state index contributed by atoms with van der Waals surface area (Å²) < 4.78 is 13.6. The fraction of sp³-hybridized carbons (Fsp3) is 0.647. The SMILES string of the molecule is CCCNCC(C)(C)CCc1cc(C)c(F)c(C)c1. The third-order valence-corrected chi connectivity index (χ3v) is 3.62. The minimum atomic E-state index is -0.0624. The summed E-state index contributed by atoms with van der Waals surface area (Å²) in [5.41, 5.74) is 3.06. The number of hydrogen-bond acceptors (Lipinski definition) is 1. The van der Waals surface area contributed by atoms with Crippen molar-refractivity contribution >= 4 is 0 Å². The molecule has 1 nitrogen and oxygen atoms in total. The van der Waals surface area contributed by atoms with E-state index in [-0.39, 0.29) is 11.2 Å². The summed E-state index contributed by atoms with van der Waals surface area (Å²) in [6.45, 7) is 12.6. The standard InChI is InChI=1S/C17H28FN/c1-6-9-19-12-17(4,5)8-7-15-10-13(2)16(18)14(3)11-15/h10-11,19H,6-9,12H2,1-5H3. The molecular weight excluding hydrogens is 237 g/mol. The summed E-state index contributed by atoms with van der Waals surface area (Å²) in [4.78, 5) is 0. The van der Waals surface area contributed by atoms with Crippen LogP contribution < -0.4 is 5.32 Å². The first kappa shape index (κ1) is 16.2. The summed E-state index contributed by atoms with van der Waals surface area (Å²) in [6, 6.07) is 3.97. The minimum absolute atomic E-state index is 0.0624. The number of aryl methyl sites for hydroxylation is 3. The van der Waals surface area contributed by atoms with Crippen LogP contribution in [0.3, 0.4) is 0 Å². The second kappa shape index (κ2) is 7.04. The highest BCUT2D eigenvalue weighted by Crippen LogP contribution is 2.23. The van der Waals surface area contributed by atoms with Gasteiger partial charge >= 0.3 is 0 Å². The lowest BCUT2D eigenvalue weighted by atomic mass is 9.85. The third kappa shape index (κ3) is 5.32. The molecule has 0 bridgehead atoms. The van der Waals surface area contributed by atoms with Crippen molar-refractivity contribution in [3.63, 3.8) is 0 Å². The predicted molar refractivity (Wildman–Crippen MR) is 81.1 cm³/mol. The number of hydrogen-bond donors (Lipinski definition) is 1. The lowest BCUT2D eigenvalue weighted by molar-refractivity contribution is 0.315. The Hall–Kier alpha value is -0.890. The Kier molecular flexibility index (Phi) is 5.99. The fourth-order valence-electron chi connectivity index (χ4n) is 2.35. The van der Waals surface area contributed by atoms with Crippen LogP contribution in [-0.4, -0.2) is 13.1 Å². The highest BCUT2D eigenvalue weighted by Gasteiger charge is 2.17. The van der Waals surface area contributed by atoms with Gasteiger partial charge in [-0.15, -0.1) is 0 Å². The molecule has 1 N–H and O–H groups in total. The maximum atomic E-state index is 13.6. The quantitative estimate of drug-likeness (QED) is 0.720. The van der Waals surface area contributed by atoms with E-state index < -0.39 is 0 Å². The molecule has 0 unspecified atom stereocenters. The van der Waals surface area contributed by atoms with Gasteiger partial charge in [-0.2, -0.15) is 0 Å². The first-order chi connectivity index (χ1) is 8.85. The van der Waals surface area contributed by atoms with Gasteiger partial charge in [0.25, 0.3) is 0 Å². The molecule has 0 aliphatic rings. The second-order valence-corrected chi connectivity index (χ2v) is 6.38. The first-order valence-electron chi connectivity index (χ1n) is 7.32.